The summed E-state index contributed by atoms with van der Waals surface area (Å²) in [7, 11) is 0. The van der Waals surface area contributed by atoms with E-state index in [4.69, 9.17) is 5.11 Å². The molecule has 0 saturated carbocycles. The summed E-state index contributed by atoms with van der Waals surface area (Å²) in [6.45, 7) is 3.47. The second kappa shape index (κ2) is 4.15. The summed E-state index contributed by atoms with van der Waals surface area (Å²) in [5.74, 6) is -0.297. The van der Waals surface area contributed by atoms with Crippen molar-refractivity contribution in [2.24, 2.45) is 0 Å². The van der Waals surface area contributed by atoms with Gasteiger partial charge >= 0.3 is 0 Å². The van der Waals surface area contributed by atoms with Crippen LogP contribution in [0, 0.1) is 0 Å². The van der Waals surface area contributed by atoms with Crippen LogP contribution >= 0.6 is 0 Å². The number of phenolic OH excluding ortho intramolecular Hbond substituents is 2. The quantitative estimate of drug-likeness (QED) is 0.630. The fourth-order valence-corrected chi connectivity index (χ4v) is 1.01. The molecule has 1 aromatic rings. The zero-order valence-electron chi connectivity index (χ0n) is 8.23. The predicted octanol–water partition coefficient (Wildman–Crippen LogP) is 1.88. The molecule has 1 aromatic carbocycles. The fourth-order valence-electron chi connectivity index (χ4n) is 1.01. The molecule has 0 saturated heterocycles. The Morgan fingerprint density at radius 3 is 2.43 bits per heavy atom. The van der Waals surface area contributed by atoms with E-state index in [-0.39, 0.29) is 11.5 Å². The maximum atomic E-state index is 9.23. The van der Waals surface area contributed by atoms with E-state index in [2.05, 4.69) is 0 Å². The summed E-state index contributed by atoms with van der Waals surface area (Å²) in [6, 6.07) is 4.53. The number of aliphatic hydroxyl groups excluding tert-OH is 1. The molecule has 3 N–H and O–H groups in total. The molecule has 14 heavy (non-hydrogen) atoms. The Morgan fingerprint density at radius 1 is 1.29 bits per heavy atom. The van der Waals surface area contributed by atoms with Gasteiger partial charge in [0.25, 0.3) is 0 Å². The lowest BCUT2D eigenvalue weighted by molar-refractivity contribution is 0.232. The first-order valence-electron chi connectivity index (χ1n) is 4.39. The molecule has 1 unspecified atom stereocenters. The number of aliphatic hydroxyl groups is 1. The molecule has 0 radical (unpaired) electrons. The van der Waals surface area contributed by atoms with Gasteiger partial charge in [0.1, 0.15) is 0 Å². The first-order chi connectivity index (χ1) is 6.50. The zero-order chi connectivity index (χ0) is 10.7. The van der Waals surface area contributed by atoms with Crippen molar-refractivity contribution in [2.45, 2.75) is 20.0 Å². The summed E-state index contributed by atoms with van der Waals surface area (Å²) in [4.78, 5) is 0. The van der Waals surface area contributed by atoms with Crippen molar-refractivity contribution in [1.29, 1.82) is 0 Å². The lowest BCUT2D eigenvalue weighted by Gasteiger charge is -2.04. The highest BCUT2D eigenvalue weighted by atomic mass is 16.3. The average Bonchev–Trinajstić information content (AvgIpc) is 2.11. The van der Waals surface area contributed by atoms with Crippen LogP contribution in [0.5, 0.6) is 11.5 Å². The Labute approximate surface area is 82.9 Å². The molecule has 0 aromatic heterocycles. The van der Waals surface area contributed by atoms with Gasteiger partial charge in [-0.1, -0.05) is 12.1 Å². The number of aromatic hydroxyl groups is 2. The molecule has 76 valence electrons. The Kier molecular flexibility index (Phi) is 3.14. The maximum Gasteiger partial charge on any atom is 0.157 e. The Morgan fingerprint density at radius 2 is 1.93 bits per heavy atom. The van der Waals surface area contributed by atoms with Crippen molar-refractivity contribution in [2.75, 3.05) is 0 Å². The number of phenols is 2. The molecule has 0 aliphatic rings. The third kappa shape index (κ3) is 2.50. The van der Waals surface area contributed by atoms with Gasteiger partial charge in [0.2, 0.25) is 0 Å². The van der Waals surface area contributed by atoms with Crippen molar-refractivity contribution >= 4 is 6.08 Å². The van der Waals surface area contributed by atoms with Crippen molar-refractivity contribution in [3.63, 3.8) is 0 Å². The zero-order valence-corrected chi connectivity index (χ0v) is 8.23. The van der Waals surface area contributed by atoms with Crippen molar-refractivity contribution in [1.82, 2.24) is 0 Å². The molecule has 3 nitrogen and oxygen atoms in total. The number of benzene rings is 1. The second-order valence-corrected chi connectivity index (χ2v) is 3.31. The Bertz CT molecular complexity index is 354. The smallest absolute Gasteiger partial charge is 0.157 e. The van der Waals surface area contributed by atoms with Crippen LogP contribution in [0.2, 0.25) is 0 Å². The SMILES string of the molecule is C/C(=C\c1ccc(O)c(O)c1)C(C)O. The standard InChI is InChI=1S/C11H14O3/c1-7(8(2)12)5-9-3-4-10(13)11(14)6-9/h3-6,8,12-14H,1-2H3/b7-5+. The van der Waals surface area contributed by atoms with Gasteiger partial charge in [-0.15, -0.1) is 0 Å². The fraction of sp³-hybridized carbons (Fsp3) is 0.273. The van der Waals surface area contributed by atoms with Gasteiger partial charge in [0.15, 0.2) is 11.5 Å². The van der Waals surface area contributed by atoms with Crippen molar-refractivity contribution in [3.05, 3.63) is 29.3 Å². The first-order valence-corrected chi connectivity index (χ1v) is 4.39. The molecule has 0 aliphatic heterocycles. The van der Waals surface area contributed by atoms with Crippen LogP contribution in [-0.4, -0.2) is 21.4 Å². The third-order valence-corrected chi connectivity index (χ3v) is 2.05. The predicted molar refractivity (Wildman–Crippen MR) is 55.1 cm³/mol. The van der Waals surface area contributed by atoms with Crippen molar-refractivity contribution in [3.8, 4) is 11.5 Å². The first kappa shape index (κ1) is 10.6. The van der Waals surface area contributed by atoms with Crippen LogP contribution in [0.4, 0.5) is 0 Å². The molecule has 0 fully saturated rings. The molecule has 0 spiro atoms. The molecule has 0 aliphatic carbocycles. The van der Waals surface area contributed by atoms with Gasteiger partial charge < -0.3 is 15.3 Å². The van der Waals surface area contributed by atoms with E-state index in [0.29, 0.717) is 0 Å². The minimum absolute atomic E-state index is 0.142. The Balaban J connectivity index is 2.98. The van der Waals surface area contributed by atoms with Crippen LogP contribution < -0.4 is 0 Å². The van der Waals surface area contributed by atoms with Gasteiger partial charge in [-0.25, -0.2) is 0 Å². The molecular formula is C11H14O3. The lowest BCUT2D eigenvalue weighted by atomic mass is 10.1. The monoisotopic (exact) mass is 194 g/mol. The van der Waals surface area contributed by atoms with Gasteiger partial charge in [0, 0.05) is 0 Å². The average molecular weight is 194 g/mol. The summed E-state index contributed by atoms with van der Waals surface area (Å²) in [5.41, 5.74) is 1.55. The lowest BCUT2D eigenvalue weighted by Crippen LogP contribution is -2.00. The van der Waals surface area contributed by atoms with E-state index in [0.717, 1.165) is 11.1 Å². The number of rotatable bonds is 2. The van der Waals surface area contributed by atoms with E-state index in [1.807, 2.05) is 0 Å². The molecule has 3 heteroatoms. The van der Waals surface area contributed by atoms with Gasteiger partial charge in [-0.3, -0.25) is 0 Å². The molecule has 0 amide bonds. The van der Waals surface area contributed by atoms with E-state index in [9.17, 15) is 10.2 Å². The minimum Gasteiger partial charge on any atom is -0.504 e. The van der Waals surface area contributed by atoms with E-state index < -0.39 is 6.10 Å². The summed E-state index contributed by atoms with van der Waals surface area (Å²) >= 11 is 0. The van der Waals surface area contributed by atoms with Gasteiger partial charge in [-0.2, -0.15) is 0 Å². The number of hydrogen-bond acceptors (Lipinski definition) is 3. The topological polar surface area (TPSA) is 60.7 Å². The second-order valence-electron chi connectivity index (χ2n) is 3.31. The molecule has 0 heterocycles. The van der Waals surface area contributed by atoms with Crippen LogP contribution in [-0.2, 0) is 0 Å². The van der Waals surface area contributed by atoms with Crippen LogP contribution in [0.1, 0.15) is 19.4 Å². The highest BCUT2D eigenvalue weighted by Crippen LogP contribution is 2.26. The van der Waals surface area contributed by atoms with Crippen LogP contribution in [0.25, 0.3) is 6.08 Å². The molecule has 1 rings (SSSR count). The minimum atomic E-state index is -0.508. The summed E-state index contributed by atoms with van der Waals surface area (Å²) in [5, 5.41) is 27.5. The maximum absolute atomic E-state index is 9.23. The Hall–Kier alpha value is -1.48. The van der Waals surface area contributed by atoms with E-state index >= 15 is 0 Å². The van der Waals surface area contributed by atoms with Crippen molar-refractivity contribution < 1.29 is 15.3 Å². The van der Waals surface area contributed by atoms with Gasteiger partial charge in [-0.05, 0) is 37.1 Å². The molecule has 0 bridgehead atoms. The third-order valence-electron chi connectivity index (χ3n) is 2.05. The summed E-state index contributed by atoms with van der Waals surface area (Å²) in [6.07, 6.45) is 1.25. The summed E-state index contributed by atoms with van der Waals surface area (Å²) < 4.78 is 0. The van der Waals surface area contributed by atoms with E-state index in [1.54, 1.807) is 26.0 Å². The number of hydrogen-bond donors (Lipinski definition) is 3. The molecule has 1 atom stereocenters. The van der Waals surface area contributed by atoms with Crippen LogP contribution in [0.3, 0.4) is 0 Å². The largest absolute Gasteiger partial charge is 0.504 e. The van der Waals surface area contributed by atoms with E-state index in [1.165, 1.54) is 12.1 Å². The highest BCUT2D eigenvalue weighted by Gasteiger charge is 2.01. The highest BCUT2D eigenvalue weighted by molar-refractivity contribution is 5.57. The van der Waals surface area contributed by atoms with Crippen LogP contribution in [0.15, 0.2) is 23.8 Å². The van der Waals surface area contributed by atoms with Gasteiger partial charge in [0.05, 0.1) is 6.10 Å². The normalized spacial score (nSPS) is 14.1. The molecular weight excluding hydrogens is 180 g/mol.